The zero-order valence-corrected chi connectivity index (χ0v) is 24.2. The summed E-state index contributed by atoms with van der Waals surface area (Å²) in [5.41, 5.74) is 6.18. The molecular formula is C30H29MnN2O8. The van der Waals surface area contributed by atoms with Gasteiger partial charge in [0.25, 0.3) is 0 Å². The van der Waals surface area contributed by atoms with E-state index in [2.05, 4.69) is 0 Å². The topological polar surface area (TPSA) is 187 Å². The minimum Gasteiger partial charge on any atom is -0.550 e. The van der Waals surface area contributed by atoms with Crippen molar-refractivity contribution in [1.29, 1.82) is 0 Å². The number of aliphatic carboxylic acids is 3. The first-order chi connectivity index (χ1) is 18.7. The largest absolute Gasteiger partial charge is 3.00 e. The van der Waals surface area contributed by atoms with Crippen LogP contribution in [-0.4, -0.2) is 38.1 Å². The summed E-state index contributed by atoms with van der Waals surface area (Å²) in [6.07, 6.45) is 0. The van der Waals surface area contributed by atoms with Crippen LogP contribution >= 0.6 is 0 Å². The van der Waals surface area contributed by atoms with Crippen molar-refractivity contribution in [3.63, 3.8) is 0 Å². The smallest absolute Gasteiger partial charge is 0.550 e. The molecule has 2 N–H and O–H groups in total. The summed E-state index contributed by atoms with van der Waals surface area (Å²) in [7, 11) is 0. The molecule has 0 unspecified atom stereocenters. The van der Waals surface area contributed by atoms with E-state index >= 15 is 0 Å². The van der Waals surface area contributed by atoms with Gasteiger partial charge in [-0.1, -0.05) is 29.8 Å². The van der Waals surface area contributed by atoms with Crippen LogP contribution in [0.25, 0.3) is 33.9 Å². The number of carboxylic acids is 3. The molecule has 214 valence electrons. The summed E-state index contributed by atoms with van der Waals surface area (Å²) >= 11 is 0. The van der Waals surface area contributed by atoms with E-state index < -0.39 is 17.9 Å². The van der Waals surface area contributed by atoms with Gasteiger partial charge in [0, 0.05) is 29.0 Å². The van der Waals surface area contributed by atoms with E-state index in [0.717, 1.165) is 31.9 Å². The molecule has 10 nitrogen and oxygen atoms in total. The van der Waals surface area contributed by atoms with E-state index in [1.165, 1.54) is 0 Å². The number of phenolic OH excluding ortho intramolecular Hbond substituents is 2. The van der Waals surface area contributed by atoms with E-state index in [-0.39, 0.29) is 28.6 Å². The van der Waals surface area contributed by atoms with Crippen LogP contribution in [0, 0.1) is 13.8 Å². The fourth-order valence-corrected chi connectivity index (χ4v) is 3.17. The number of phenols is 2. The van der Waals surface area contributed by atoms with Gasteiger partial charge in [0.05, 0.1) is 22.8 Å². The Balaban J connectivity index is 0.00000105. The fraction of sp³-hybridized carbons (Fsp3) is 0.167. The van der Waals surface area contributed by atoms with E-state index in [4.69, 9.17) is 39.7 Å². The number of carboxylic acid groups (broad SMARTS) is 3. The van der Waals surface area contributed by atoms with Crippen LogP contribution in [0.2, 0.25) is 0 Å². The number of hydrogen-bond acceptors (Lipinski definition) is 10. The summed E-state index contributed by atoms with van der Waals surface area (Å²) < 4.78 is 0. The maximum Gasteiger partial charge on any atom is 3.00 e. The van der Waals surface area contributed by atoms with Crippen LogP contribution in [0.1, 0.15) is 31.9 Å². The van der Waals surface area contributed by atoms with Crippen LogP contribution in [0.5, 0.6) is 11.5 Å². The van der Waals surface area contributed by atoms with Gasteiger partial charge in [-0.15, -0.1) is 0 Å². The number of benzene rings is 2. The van der Waals surface area contributed by atoms with Crippen molar-refractivity contribution >= 4 is 17.9 Å². The molecule has 0 aliphatic heterocycles. The monoisotopic (exact) mass is 600 g/mol. The van der Waals surface area contributed by atoms with Gasteiger partial charge in [-0.05, 0) is 88.7 Å². The molecule has 4 rings (SSSR count). The zero-order chi connectivity index (χ0) is 30.4. The van der Waals surface area contributed by atoms with Crippen molar-refractivity contribution in [2.75, 3.05) is 0 Å². The molecule has 0 radical (unpaired) electrons. The Hall–Kier alpha value is -4.73. The molecule has 0 saturated heterocycles. The van der Waals surface area contributed by atoms with Crippen molar-refractivity contribution < 1.29 is 57.0 Å². The Morgan fingerprint density at radius 3 is 1.37 bits per heavy atom. The summed E-state index contributed by atoms with van der Waals surface area (Å²) in [5, 5.41) is 47.2. The molecule has 2 aromatic carbocycles. The van der Waals surface area contributed by atoms with Gasteiger partial charge in [-0.2, -0.15) is 0 Å². The van der Waals surface area contributed by atoms with Crippen LogP contribution in [0.15, 0.2) is 72.8 Å². The van der Waals surface area contributed by atoms with Gasteiger partial charge in [-0.3, -0.25) is 0 Å². The third kappa shape index (κ3) is 13.8. The molecule has 0 aliphatic rings. The van der Waals surface area contributed by atoms with Gasteiger partial charge >= 0.3 is 17.1 Å². The first-order valence-corrected chi connectivity index (χ1v) is 11.8. The number of rotatable bonds is 3. The molecule has 0 saturated carbocycles. The van der Waals surface area contributed by atoms with Crippen molar-refractivity contribution in [3.8, 4) is 45.4 Å². The molecular weight excluding hydrogens is 571 g/mol. The minimum absolute atomic E-state index is 0. The molecule has 4 aromatic rings. The molecule has 0 atom stereocenters. The minimum atomic E-state index is -1.08. The third-order valence-corrected chi connectivity index (χ3v) is 4.62. The Labute approximate surface area is 248 Å². The first-order valence-electron chi connectivity index (χ1n) is 11.8. The number of aromatic hydroxyl groups is 2. The predicted molar refractivity (Wildman–Crippen MR) is 143 cm³/mol. The Morgan fingerprint density at radius 2 is 0.927 bits per heavy atom. The molecule has 0 spiro atoms. The summed E-state index contributed by atoms with van der Waals surface area (Å²) in [5.74, 6) is -2.85. The van der Waals surface area contributed by atoms with E-state index in [1.54, 1.807) is 12.1 Å². The van der Waals surface area contributed by atoms with Crippen LogP contribution < -0.4 is 15.3 Å². The second-order valence-electron chi connectivity index (χ2n) is 8.33. The average molecular weight is 601 g/mol. The predicted octanol–water partition coefficient (Wildman–Crippen LogP) is 1.77. The number of nitrogens with zero attached hydrogens (tertiary/aromatic N) is 2. The number of carbonyl (C=O) groups excluding carboxylic acids is 3. The maximum absolute atomic E-state index is 10.3. The van der Waals surface area contributed by atoms with Gasteiger partial charge < -0.3 is 39.9 Å². The second kappa shape index (κ2) is 17.8. The molecule has 2 heterocycles. The van der Waals surface area contributed by atoms with Gasteiger partial charge in [0.1, 0.15) is 11.5 Å². The SMILES string of the molecule is CC(=O)[O-].CC(=O)[O-].CC(=O)[O-].Cc1ccc(-c2cccc(-c3cccc(-c4cc(C)ccc4O)n3)n2)c(O)c1.[Mn+3]. The standard InChI is InChI=1S/C24H20N2O2.3C2H4O2.Mn/c1-15-10-12-23(27)18(13-15)20-6-4-8-22(26-20)21-7-3-5-19(25-21)17-11-9-16(2)14-24(17)28;3*1-2(3)4;/h3-14,27-28H,1-2H3;3*1H3,(H,3,4);/q;;;;+3/p-3. The summed E-state index contributed by atoms with van der Waals surface area (Å²) in [4.78, 5) is 36.1. The van der Waals surface area contributed by atoms with Gasteiger partial charge in [0.2, 0.25) is 0 Å². The van der Waals surface area contributed by atoms with Crippen molar-refractivity contribution in [2.45, 2.75) is 34.6 Å². The van der Waals surface area contributed by atoms with Crippen molar-refractivity contribution in [1.82, 2.24) is 9.97 Å². The number of carbonyl (C=O) groups is 3. The Kier molecular flexibility index (Phi) is 15.7. The number of aryl methyl sites for hydroxylation is 2. The maximum atomic E-state index is 10.3. The van der Waals surface area contributed by atoms with Crippen LogP contribution in [0.3, 0.4) is 0 Å². The quantitative estimate of drug-likeness (QED) is 0.328. The first kappa shape index (κ1) is 36.3. The summed E-state index contributed by atoms with van der Waals surface area (Å²) in [6, 6.07) is 22.3. The third-order valence-electron chi connectivity index (χ3n) is 4.62. The number of pyridine rings is 2. The van der Waals surface area contributed by atoms with Crippen LogP contribution in [0.4, 0.5) is 0 Å². The molecule has 0 bridgehead atoms. The van der Waals surface area contributed by atoms with Crippen molar-refractivity contribution in [3.05, 3.63) is 83.9 Å². The second-order valence-corrected chi connectivity index (χ2v) is 8.33. The normalized spacial score (nSPS) is 9.20. The summed E-state index contributed by atoms with van der Waals surface area (Å²) in [6.45, 7) is 6.83. The molecule has 11 heteroatoms. The molecule has 0 amide bonds. The average Bonchev–Trinajstić information content (AvgIpc) is 2.85. The Bertz CT molecular complexity index is 1430. The van der Waals surface area contributed by atoms with E-state index in [1.807, 2.05) is 74.5 Å². The number of aromatic nitrogens is 2. The number of hydrogen-bond donors (Lipinski definition) is 2. The van der Waals surface area contributed by atoms with Gasteiger partial charge in [-0.25, -0.2) is 9.97 Å². The van der Waals surface area contributed by atoms with E-state index in [9.17, 15) is 10.2 Å². The van der Waals surface area contributed by atoms with E-state index in [0.29, 0.717) is 33.9 Å². The molecule has 0 aliphatic carbocycles. The molecule has 41 heavy (non-hydrogen) atoms. The molecule has 0 fully saturated rings. The zero-order valence-electron chi connectivity index (χ0n) is 23.0. The molecule has 2 aromatic heterocycles. The van der Waals surface area contributed by atoms with Crippen LogP contribution in [-0.2, 0) is 31.5 Å². The Morgan fingerprint density at radius 1 is 0.561 bits per heavy atom. The van der Waals surface area contributed by atoms with Crippen molar-refractivity contribution in [2.24, 2.45) is 0 Å². The van der Waals surface area contributed by atoms with Gasteiger partial charge in [0.15, 0.2) is 0 Å². The fourth-order valence-electron chi connectivity index (χ4n) is 3.17.